The minimum absolute atomic E-state index is 0.248. The smallest absolute Gasteiger partial charge is 0.0406 e. The van der Waals surface area contributed by atoms with E-state index >= 15 is 0 Å². The number of rotatable bonds is 5. The van der Waals surface area contributed by atoms with E-state index in [0.29, 0.717) is 6.04 Å². The second-order valence-corrected chi connectivity index (χ2v) is 8.23. The molecule has 1 N–H and O–H groups in total. The van der Waals surface area contributed by atoms with E-state index in [1.54, 1.807) is 0 Å². The Kier molecular flexibility index (Phi) is 5.48. The van der Waals surface area contributed by atoms with Gasteiger partial charge in [0.1, 0.15) is 0 Å². The van der Waals surface area contributed by atoms with Crippen molar-refractivity contribution in [1.82, 2.24) is 5.32 Å². The maximum absolute atomic E-state index is 5.91. The van der Waals surface area contributed by atoms with E-state index in [1.165, 1.54) is 15.3 Å². The van der Waals surface area contributed by atoms with Crippen molar-refractivity contribution in [1.29, 1.82) is 0 Å². The molecule has 0 aliphatic carbocycles. The summed E-state index contributed by atoms with van der Waals surface area (Å²) in [6.45, 7) is 9.96. The molecular weight excluding hydrogens is 298 g/mol. The first-order valence-electron chi connectivity index (χ1n) is 7.41. The van der Waals surface area contributed by atoms with E-state index in [2.05, 4.69) is 57.3 Å². The highest BCUT2D eigenvalue weighted by molar-refractivity contribution is 7.12. The maximum Gasteiger partial charge on any atom is 0.0406 e. The molecule has 1 aromatic carbocycles. The van der Waals surface area contributed by atoms with Crippen molar-refractivity contribution >= 4 is 22.9 Å². The molecule has 0 spiro atoms. The Balaban J connectivity index is 1.85. The molecular formula is C18H24ClNS. The summed E-state index contributed by atoms with van der Waals surface area (Å²) in [5, 5.41) is 4.40. The third-order valence-electron chi connectivity index (χ3n) is 3.48. The normalized spacial score (nSPS) is 13.4. The van der Waals surface area contributed by atoms with Gasteiger partial charge in [-0.2, -0.15) is 0 Å². The van der Waals surface area contributed by atoms with Crippen molar-refractivity contribution in [2.45, 2.75) is 52.1 Å². The Hall–Kier alpha value is -0.830. The van der Waals surface area contributed by atoms with Gasteiger partial charge in [-0.25, -0.2) is 0 Å². The summed E-state index contributed by atoms with van der Waals surface area (Å²) in [5.41, 5.74) is 1.57. The van der Waals surface area contributed by atoms with Crippen LogP contribution in [0.4, 0.5) is 0 Å². The van der Waals surface area contributed by atoms with Gasteiger partial charge >= 0.3 is 0 Å². The monoisotopic (exact) mass is 321 g/mol. The van der Waals surface area contributed by atoms with Crippen LogP contribution in [0.1, 0.15) is 43.0 Å². The molecule has 1 aromatic heterocycles. The lowest BCUT2D eigenvalue weighted by Gasteiger charge is -2.16. The van der Waals surface area contributed by atoms with Gasteiger partial charge in [-0.1, -0.05) is 44.5 Å². The van der Waals surface area contributed by atoms with Crippen molar-refractivity contribution in [2.24, 2.45) is 0 Å². The summed E-state index contributed by atoms with van der Waals surface area (Å²) >= 11 is 7.82. The molecule has 0 bridgehead atoms. The minimum Gasteiger partial charge on any atom is -0.309 e. The molecule has 0 amide bonds. The number of hydrogen-bond acceptors (Lipinski definition) is 2. The van der Waals surface area contributed by atoms with Gasteiger partial charge < -0.3 is 5.32 Å². The zero-order chi connectivity index (χ0) is 15.5. The fourth-order valence-electron chi connectivity index (χ4n) is 2.20. The molecule has 1 heterocycles. The molecule has 114 valence electrons. The summed E-state index contributed by atoms with van der Waals surface area (Å²) in [6.07, 6.45) is 1.02. The topological polar surface area (TPSA) is 12.0 Å². The first kappa shape index (κ1) is 16.5. The molecule has 2 rings (SSSR count). The van der Waals surface area contributed by atoms with E-state index in [1.807, 2.05) is 23.5 Å². The van der Waals surface area contributed by atoms with Crippen molar-refractivity contribution < 1.29 is 0 Å². The first-order chi connectivity index (χ1) is 9.84. The van der Waals surface area contributed by atoms with Crippen LogP contribution in [0, 0.1) is 0 Å². The van der Waals surface area contributed by atoms with Crippen LogP contribution in [0.25, 0.3) is 0 Å². The van der Waals surface area contributed by atoms with Crippen molar-refractivity contribution in [3.63, 3.8) is 0 Å². The SMILES string of the molecule is CC(Cc1ccc(Cl)cc1)NCc1ccc(C(C)(C)C)s1. The van der Waals surface area contributed by atoms with Gasteiger partial charge in [0.2, 0.25) is 0 Å². The molecule has 0 saturated heterocycles. The zero-order valence-corrected chi connectivity index (χ0v) is 14.8. The van der Waals surface area contributed by atoms with Gasteiger partial charge in [-0.3, -0.25) is 0 Å². The van der Waals surface area contributed by atoms with Crippen LogP contribution >= 0.6 is 22.9 Å². The fourth-order valence-corrected chi connectivity index (χ4v) is 3.34. The summed E-state index contributed by atoms with van der Waals surface area (Å²) < 4.78 is 0. The number of halogens is 1. The lowest BCUT2D eigenvalue weighted by molar-refractivity contribution is 0.549. The Labute approximate surface area is 137 Å². The number of benzene rings is 1. The molecule has 0 radical (unpaired) electrons. The maximum atomic E-state index is 5.91. The van der Waals surface area contributed by atoms with E-state index in [-0.39, 0.29) is 5.41 Å². The average molecular weight is 322 g/mol. The highest BCUT2D eigenvalue weighted by Gasteiger charge is 2.16. The van der Waals surface area contributed by atoms with Gasteiger partial charge in [0.05, 0.1) is 0 Å². The highest BCUT2D eigenvalue weighted by atomic mass is 35.5. The molecule has 0 fully saturated rings. The molecule has 2 aromatic rings. The van der Waals surface area contributed by atoms with Crippen LogP contribution in [-0.4, -0.2) is 6.04 Å². The van der Waals surface area contributed by atoms with Crippen molar-refractivity contribution in [3.05, 3.63) is 56.7 Å². The standard InChI is InChI=1S/C18H24ClNS/c1-13(11-14-5-7-15(19)8-6-14)20-12-16-9-10-17(21-16)18(2,3)4/h5-10,13,20H,11-12H2,1-4H3. The van der Waals surface area contributed by atoms with Crippen LogP contribution in [0.2, 0.25) is 5.02 Å². The summed E-state index contributed by atoms with van der Waals surface area (Å²) in [4.78, 5) is 2.85. The third kappa shape index (κ3) is 5.14. The Morgan fingerprint density at radius 2 is 1.76 bits per heavy atom. The number of thiophene rings is 1. The predicted molar refractivity (Wildman–Crippen MR) is 94.5 cm³/mol. The molecule has 0 aliphatic rings. The van der Waals surface area contributed by atoms with Crippen molar-refractivity contribution in [2.75, 3.05) is 0 Å². The molecule has 1 unspecified atom stereocenters. The molecule has 1 atom stereocenters. The number of hydrogen-bond donors (Lipinski definition) is 1. The quantitative estimate of drug-likeness (QED) is 0.775. The minimum atomic E-state index is 0.248. The van der Waals surface area contributed by atoms with Gasteiger partial charge in [0.25, 0.3) is 0 Å². The summed E-state index contributed by atoms with van der Waals surface area (Å²) in [6, 6.07) is 13.1. The molecule has 3 heteroatoms. The Morgan fingerprint density at radius 3 is 2.33 bits per heavy atom. The van der Waals surface area contributed by atoms with Gasteiger partial charge in [-0.05, 0) is 48.6 Å². The van der Waals surface area contributed by atoms with Crippen LogP contribution in [0.5, 0.6) is 0 Å². The lowest BCUT2D eigenvalue weighted by Crippen LogP contribution is -2.27. The van der Waals surface area contributed by atoms with Gasteiger partial charge in [0.15, 0.2) is 0 Å². The van der Waals surface area contributed by atoms with Crippen LogP contribution in [0.15, 0.2) is 36.4 Å². The lowest BCUT2D eigenvalue weighted by atomic mass is 9.95. The molecule has 21 heavy (non-hydrogen) atoms. The van der Waals surface area contributed by atoms with E-state index in [4.69, 9.17) is 11.6 Å². The number of nitrogens with one attached hydrogen (secondary N) is 1. The van der Waals surface area contributed by atoms with Crippen molar-refractivity contribution in [3.8, 4) is 0 Å². The van der Waals surface area contributed by atoms with Gasteiger partial charge in [0, 0.05) is 27.4 Å². The summed E-state index contributed by atoms with van der Waals surface area (Å²) in [7, 11) is 0. The average Bonchev–Trinajstić information content (AvgIpc) is 2.88. The Morgan fingerprint density at radius 1 is 1.10 bits per heavy atom. The van der Waals surface area contributed by atoms with Crippen LogP contribution in [-0.2, 0) is 18.4 Å². The largest absolute Gasteiger partial charge is 0.309 e. The van der Waals surface area contributed by atoms with E-state index in [9.17, 15) is 0 Å². The third-order valence-corrected chi connectivity index (χ3v) is 5.24. The molecule has 1 nitrogen and oxygen atoms in total. The molecule has 0 saturated carbocycles. The fraction of sp³-hybridized carbons (Fsp3) is 0.444. The van der Waals surface area contributed by atoms with E-state index < -0.39 is 0 Å². The Bertz CT molecular complexity index is 566. The predicted octanol–water partition coefficient (Wildman–Crippen LogP) is 5.42. The summed E-state index contributed by atoms with van der Waals surface area (Å²) in [5.74, 6) is 0. The molecule has 0 aliphatic heterocycles. The second-order valence-electron chi connectivity index (χ2n) is 6.63. The van der Waals surface area contributed by atoms with Gasteiger partial charge in [-0.15, -0.1) is 11.3 Å². The zero-order valence-electron chi connectivity index (χ0n) is 13.2. The van der Waals surface area contributed by atoms with E-state index in [0.717, 1.165) is 18.0 Å². The highest BCUT2D eigenvalue weighted by Crippen LogP contribution is 2.29. The van der Waals surface area contributed by atoms with Crippen LogP contribution < -0.4 is 5.32 Å². The van der Waals surface area contributed by atoms with Crippen LogP contribution in [0.3, 0.4) is 0 Å². The second kappa shape index (κ2) is 6.95. The first-order valence-corrected chi connectivity index (χ1v) is 8.61.